The molecule has 3 nitrogen and oxygen atoms in total. The standard InChI is InChI=1S/C21H32N2O/c1-21(2,3)20(18-12-8-5-9-13-18)23-16-19(24)22-15-14-17-10-6-4-7-11-17/h5,8-10,12-13,20,23H,4,6-7,11,14-16H2,1-3H3,(H,22,24). The molecule has 0 saturated heterocycles. The van der Waals surface area contributed by atoms with E-state index in [0.29, 0.717) is 6.54 Å². The van der Waals surface area contributed by atoms with E-state index in [-0.39, 0.29) is 17.4 Å². The summed E-state index contributed by atoms with van der Waals surface area (Å²) in [5.74, 6) is 0.0802. The van der Waals surface area contributed by atoms with Gasteiger partial charge in [-0.05, 0) is 43.1 Å². The molecule has 1 unspecified atom stereocenters. The largest absolute Gasteiger partial charge is 0.355 e. The number of amides is 1. The predicted octanol–water partition coefficient (Wildman–Crippen LogP) is 4.37. The van der Waals surface area contributed by atoms with Crippen LogP contribution in [0.1, 0.15) is 64.5 Å². The second-order valence-corrected chi connectivity index (χ2v) is 7.80. The molecule has 0 spiro atoms. The highest BCUT2D eigenvalue weighted by molar-refractivity contribution is 5.78. The Morgan fingerprint density at radius 2 is 1.92 bits per heavy atom. The van der Waals surface area contributed by atoms with Crippen LogP contribution in [0, 0.1) is 5.41 Å². The van der Waals surface area contributed by atoms with Crippen molar-refractivity contribution in [2.45, 2.75) is 58.9 Å². The number of carbonyl (C=O) groups excluding carboxylic acids is 1. The van der Waals surface area contributed by atoms with Crippen molar-refractivity contribution in [3.63, 3.8) is 0 Å². The van der Waals surface area contributed by atoms with Gasteiger partial charge >= 0.3 is 0 Å². The molecule has 1 aromatic rings. The Morgan fingerprint density at radius 3 is 2.54 bits per heavy atom. The van der Waals surface area contributed by atoms with E-state index >= 15 is 0 Å². The first-order valence-electron chi connectivity index (χ1n) is 9.20. The lowest BCUT2D eigenvalue weighted by molar-refractivity contribution is -0.120. The minimum atomic E-state index is 0.0501. The summed E-state index contributed by atoms with van der Waals surface area (Å²) in [6.07, 6.45) is 8.36. The number of nitrogens with one attached hydrogen (secondary N) is 2. The van der Waals surface area contributed by atoms with Crippen molar-refractivity contribution in [1.29, 1.82) is 0 Å². The molecule has 0 fully saturated rings. The average molecular weight is 328 g/mol. The number of hydrogen-bond donors (Lipinski definition) is 2. The van der Waals surface area contributed by atoms with Crippen LogP contribution in [0.25, 0.3) is 0 Å². The Balaban J connectivity index is 1.79. The summed E-state index contributed by atoms with van der Waals surface area (Å²) in [6.45, 7) is 7.70. The summed E-state index contributed by atoms with van der Waals surface area (Å²) in [5, 5.41) is 6.48. The van der Waals surface area contributed by atoms with Gasteiger partial charge in [-0.15, -0.1) is 0 Å². The molecular weight excluding hydrogens is 296 g/mol. The Hall–Kier alpha value is -1.61. The van der Waals surface area contributed by atoms with E-state index in [1.54, 1.807) is 0 Å². The van der Waals surface area contributed by atoms with Gasteiger partial charge in [0, 0.05) is 12.6 Å². The molecular formula is C21H32N2O. The maximum absolute atomic E-state index is 12.2. The van der Waals surface area contributed by atoms with Gasteiger partial charge in [-0.3, -0.25) is 4.79 Å². The lowest BCUT2D eigenvalue weighted by Gasteiger charge is -2.32. The number of rotatable bonds is 7. The van der Waals surface area contributed by atoms with Gasteiger partial charge in [0.15, 0.2) is 0 Å². The Labute approximate surface area is 146 Å². The third kappa shape index (κ3) is 6.12. The molecule has 3 heteroatoms. The normalized spacial score (nSPS) is 16.4. The molecule has 2 rings (SSSR count). The Kier molecular flexibility index (Phi) is 7.04. The van der Waals surface area contributed by atoms with Crippen LogP contribution in [0.5, 0.6) is 0 Å². The van der Waals surface area contributed by atoms with Crippen molar-refractivity contribution in [3.05, 3.63) is 47.5 Å². The first kappa shape index (κ1) is 18.7. The number of allylic oxidation sites excluding steroid dienone is 1. The minimum Gasteiger partial charge on any atom is -0.355 e. The molecule has 1 atom stereocenters. The minimum absolute atomic E-state index is 0.0501. The predicted molar refractivity (Wildman–Crippen MR) is 101 cm³/mol. The highest BCUT2D eigenvalue weighted by Gasteiger charge is 2.26. The molecule has 0 saturated carbocycles. The Bertz CT molecular complexity index is 543. The fraction of sp³-hybridized carbons (Fsp3) is 0.571. The number of carbonyl (C=O) groups is 1. The lowest BCUT2D eigenvalue weighted by atomic mass is 9.82. The molecule has 24 heavy (non-hydrogen) atoms. The smallest absolute Gasteiger partial charge is 0.233 e. The second-order valence-electron chi connectivity index (χ2n) is 7.80. The highest BCUT2D eigenvalue weighted by atomic mass is 16.1. The molecule has 0 aliphatic heterocycles. The highest BCUT2D eigenvalue weighted by Crippen LogP contribution is 2.32. The Morgan fingerprint density at radius 1 is 1.17 bits per heavy atom. The van der Waals surface area contributed by atoms with Crippen LogP contribution in [-0.4, -0.2) is 19.0 Å². The summed E-state index contributed by atoms with van der Waals surface area (Å²) in [5.41, 5.74) is 2.78. The van der Waals surface area contributed by atoms with E-state index in [1.807, 2.05) is 18.2 Å². The van der Waals surface area contributed by atoms with E-state index in [1.165, 1.54) is 36.8 Å². The first-order valence-corrected chi connectivity index (χ1v) is 9.20. The van der Waals surface area contributed by atoms with E-state index in [9.17, 15) is 4.79 Å². The van der Waals surface area contributed by atoms with Gasteiger partial charge in [-0.1, -0.05) is 62.8 Å². The van der Waals surface area contributed by atoms with Gasteiger partial charge in [0.05, 0.1) is 6.54 Å². The van der Waals surface area contributed by atoms with Gasteiger partial charge in [-0.25, -0.2) is 0 Å². The third-order valence-corrected chi connectivity index (χ3v) is 4.62. The topological polar surface area (TPSA) is 41.1 Å². The van der Waals surface area contributed by atoms with Crippen molar-refractivity contribution < 1.29 is 4.79 Å². The molecule has 0 aromatic heterocycles. The zero-order valence-corrected chi connectivity index (χ0v) is 15.4. The van der Waals surface area contributed by atoms with Crippen LogP contribution >= 0.6 is 0 Å². The molecule has 0 heterocycles. The summed E-state index contributed by atoms with van der Waals surface area (Å²) in [7, 11) is 0. The molecule has 1 aliphatic rings. The molecule has 1 aromatic carbocycles. The van der Waals surface area contributed by atoms with E-state index in [4.69, 9.17) is 0 Å². The fourth-order valence-corrected chi connectivity index (χ4v) is 3.32. The number of benzene rings is 1. The van der Waals surface area contributed by atoms with Crippen LogP contribution in [0.4, 0.5) is 0 Å². The quantitative estimate of drug-likeness (QED) is 0.730. The molecule has 2 N–H and O–H groups in total. The van der Waals surface area contributed by atoms with Gasteiger partial charge in [0.1, 0.15) is 0 Å². The lowest BCUT2D eigenvalue weighted by Crippen LogP contribution is -2.40. The summed E-state index contributed by atoms with van der Waals surface area (Å²) in [4.78, 5) is 12.2. The van der Waals surface area contributed by atoms with Gasteiger partial charge in [0.2, 0.25) is 5.91 Å². The SMILES string of the molecule is CC(C)(C)C(NCC(=O)NCCC1=CCCCC1)c1ccccc1. The monoisotopic (exact) mass is 328 g/mol. The molecule has 1 amide bonds. The van der Waals surface area contributed by atoms with Crippen molar-refractivity contribution in [1.82, 2.24) is 10.6 Å². The van der Waals surface area contributed by atoms with Gasteiger partial charge in [0.25, 0.3) is 0 Å². The second kappa shape index (κ2) is 9.03. The summed E-state index contributed by atoms with van der Waals surface area (Å²) >= 11 is 0. The van der Waals surface area contributed by atoms with Crippen molar-refractivity contribution in [2.24, 2.45) is 5.41 Å². The van der Waals surface area contributed by atoms with Crippen LogP contribution < -0.4 is 10.6 Å². The number of hydrogen-bond acceptors (Lipinski definition) is 2. The van der Waals surface area contributed by atoms with Gasteiger partial charge in [-0.2, -0.15) is 0 Å². The molecule has 0 radical (unpaired) electrons. The van der Waals surface area contributed by atoms with E-state index in [0.717, 1.165) is 13.0 Å². The average Bonchev–Trinajstić information content (AvgIpc) is 2.56. The van der Waals surface area contributed by atoms with Crippen molar-refractivity contribution in [2.75, 3.05) is 13.1 Å². The molecule has 0 bridgehead atoms. The molecule has 132 valence electrons. The zero-order valence-electron chi connectivity index (χ0n) is 15.4. The van der Waals surface area contributed by atoms with Crippen molar-refractivity contribution in [3.8, 4) is 0 Å². The van der Waals surface area contributed by atoms with E-state index in [2.05, 4.69) is 49.6 Å². The van der Waals surface area contributed by atoms with Crippen LogP contribution in [0.15, 0.2) is 42.0 Å². The van der Waals surface area contributed by atoms with Crippen LogP contribution in [0.2, 0.25) is 0 Å². The maximum atomic E-state index is 12.2. The first-order chi connectivity index (χ1) is 11.5. The van der Waals surface area contributed by atoms with Gasteiger partial charge < -0.3 is 10.6 Å². The van der Waals surface area contributed by atoms with Crippen LogP contribution in [0.3, 0.4) is 0 Å². The van der Waals surface area contributed by atoms with E-state index < -0.39 is 0 Å². The van der Waals surface area contributed by atoms with Crippen molar-refractivity contribution >= 4 is 5.91 Å². The third-order valence-electron chi connectivity index (χ3n) is 4.62. The summed E-state index contributed by atoms with van der Waals surface area (Å²) in [6, 6.07) is 10.5. The fourth-order valence-electron chi connectivity index (χ4n) is 3.32. The zero-order chi connectivity index (χ0) is 17.4. The van der Waals surface area contributed by atoms with Crippen LogP contribution in [-0.2, 0) is 4.79 Å². The molecule has 1 aliphatic carbocycles. The summed E-state index contributed by atoms with van der Waals surface area (Å²) < 4.78 is 0. The maximum Gasteiger partial charge on any atom is 0.233 e.